The number of carbonyl (C=O) groups is 1. The third-order valence-electron chi connectivity index (χ3n) is 5.84. The fourth-order valence-electron chi connectivity index (χ4n) is 4.03. The molecule has 3 aromatic carbocycles. The van der Waals surface area contributed by atoms with Crippen molar-refractivity contribution < 1.29 is 18.3 Å². The third kappa shape index (κ3) is 4.77. The van der Waals surface area contributed by atoms with Gasteiger partial charge >= 0.3 is 0 Å². The number of hydrogen-bond acceptors (Lipinski definition) is 4. The second-order valence-electron chi connectivity index (χ2n) is 8.08. The number of amides is 1. The number of nitrogens with one attached hydrogen (secondary N) is 1. The van der Waals surface area contributed by atoms with Gasteiger partial charge in [-0.3, -0.25) is 14.8 Å². The van der Waals surface area contributed by atoms with Gasteiger partial charge in [-0.25, -0.2) is 8.78 Å². The summed E-state index contributed by atoms with van der Waals surface area (Å²) in [5.74, 6) is -1.32. The second-order valence-corrected chi connectivity index (χ2v) is 8.08. The van der Waals surface area contributed by atoms with Crippen molar-refractivity contribution in [2.75, 3.05) is 0 Å². The van der Waals surface area contributed by atoms with Gasteiger partial charge in [-0.1, -0.05) is 48.5 Å². The van der Waals surface area contributed by atoms with E-state index in [9.17, 15) is 13.6 Å². The van der Waals surface area contributed by atoms with Gasteiger partial charge in [0.25, 0.3) is 5.91 Å². The average molecular weight is 482 g/mol. The molecule has 0 atom stereocenters. The molecule has 2 aromatic heterocycles. The van der Waals surface area contributed by atoms with Crippen LogP contribution >= 0.6 is 0 Å². The van der Waals surface area contributed by atoms with Crippen LogP contribution in [0.3, 0.4) is 0 Å². The molecule has 0 unspecified atom stereocenters. The highest BCUT2D eigenvalue weighted by atomic mass is 19.1. The molecule has 7 heteroatoms. The van der Waals surface area contributed by atoms with E-state index in [0.29, 0.717) is 28.8 Å². The van der Waals surface area contributed by atoms with Gasteiger partial charge < -0.3 is 10.1 Å². The minimum absolute atomic E-state index is 0.171. The van der Waals surface area contributed by atoms with Crippen LogP contribution in [0.1, 0.15) is 21.5 Å². The maximum absolute atomic E-state index is 14.0. The van der Waals surface area contributed by atoms with E-state index < -0.39 is 11.6 Å². The summed E-state index contributed by atoms with van der Waals surface area (Å²) in [5, 5.41) is 3.55. The Labute approximate surface area is 206 Å². The van der Waals surface area contributed by atoms with Crippen molar-refractivity contribution >= 4 is 16.8 Å². The highest BCUT2D eigenvalue weighted by Gasteiger charge is 2.15. The summed E-state index contributed by atoms with van der Waals surface area (Å²) in [6.07, 6.45) is 5.01. The van der Waals surface area contributed by atoms with Crippen molar-refractivity contribution in [1.82, 2.24) is 15.3 Å². The van der Waals surface area contributed by atoms with Crippen LogP contribution in [0.25, 0.3) is 22.0 Å². The fraction of sp³-hybridized carbons (Fsp3) is 0.0690. The van der Waals surface area contributed by atoms with Crippen molar-refractivity contribution in [3.8, 4) is 16.9 Å². The number of pyridine rings is 2. The number of fused-ring (bicyclic) bond motifs is 1. The molecule has 1 amide bonds. The number of rotatable bonds is 7. The summed E-state index contributed by atoms with van der Waals surface area (Å²) in [6, 6.07) is 22.1. The SMILES string of the molecule is O=C(NCc1ccccc1-c1cccnc1)c1ccnc2c(OCc3c(F)cccc3F)cccc12. The molecule has 0 saturated heterocycles. The van der Waals surface area contributed by atoms with E-state index in [4.69, 9.17) is 4.74 Å². The summed E-state index contributed by atoms with van der Waals surface area (Å²) >= 11 is 0. The topological polar surface area (TPSA) is 64.1 Å². The molecule has 0 fully saturated rings. The highest BCUT2D eigenvalue weighted by molar-refractivity contribution is 6.07. The second kappa shape index (κ2) is 10.3. The van der Waals surface area contributed by atoms with Crippen molar-refractivity contribution in [3.05, 3.63) is 126 Å². The quantitative estimate of drug-likeness (QED) is 0.306. The summed E-state index contributed by atoms with van der Waals surface area (Å²) in [7, 11) is 0. The van der Waals surface area contributed by atoms with Crippen molar-refractivity contribution in [2.45, 2.75) is 13.2 Å². The summed E-state index contributed by atoms with van der Waals surface area (Å²) in [5.41, 5.74) is 3.58. The zero-order valence-electron chi connectivity index (χ0n) is 19.1. The Balaban J connectivity index is 1.37. The predicted octanol–water partition coefficient (Wildman–Crippen LogP) is 6.08. The van der Waals surface area contributed by atoms with Gasteiger partial charge in [-0.2, -0.15) is 0 Å². The first-order valence-electron chi connectivity index (χ1n) is 11.3. The van der Waals surface area contributed by atoms with Crippen LogP contribution in [0.4, 0.5) is 8.78 Å². The minimum atomic E-state index is -0.685. The number of ether oxygens (including phenoxy) is 1. The van der Waals surface area contributed by atoms with Crippen LogP contribution in [-0.4, -0.2) is 15.9 Å². The molecule has 2 heterocycles. The molecule has 0 radical (unpaired) electrons. The average Bonchev–Trinajstić information content (AvgIpc) is 2.92. The van der Waals surface area contributed by atoms with Crippen LogP contribution in [0.2, 0.25) is 0 Å². The summed E-state index contributed by atoms with van der Waals surface area (Å²) < 4.78 is 33.7. The first-order chi connectivity index (χ1) is 17.6. The lowest BCUT2D eigenvalue weighted by molar-refractivity contribution is 0.0952. The number of para-hydroxylation sites is 1. The van der Waals surface area contributed by atoms with E-state index in [0.717, 1.165) is 16.7 Å². The molecule has 1 N–H and O–H groups in total. The first-order valence-corrected chi connectivity index (χ1v) is 11.3. The molecule has 5 rings (SSSR count). The molecule has 0 spiro atoms. The molecule has 0 bridgehead atoms. The monoisotopic (exact) mass is 481 g/mol. The lowest BCUT2D eigenvalue weighted by Gasteiger charge is -2.13. The van der Waals surface area contributed by atoms with E-state index in [1.54, 1.807) is 36.7 Å². The van der Waals surface area contributed by atoms with Gasteiger partial charge in [0.1, 0.15) is 29.5 Å². The van der Waals surface area contributed by atoms with E-state index in [-0.39, 0.29) is 18.1 Å². The van der Waals surface area contributed by atoms with E-state index in [1.165, 1.54) is 24.4 Å². The number of hydrogen-bond donors (Lipinski definition) is 1. The van der Waals surface area contributed by atoms with Crippen LogP contribution < -0.4 is 10.1 Å². The van der Waals surface area contributed by atoms with Gasteiger partial charge in [-0.15, -0.1) is 0 Å². The molecule has 0 aliphatic rings. The number of carbonyl (C=O) groups excluding carboxylic acids is 1. The first kappa shape index (κ1) is 23.1. The molecule has 36 heavy (non-hydrogen) atoms. The van der Waals surface area contributed by atoms with Gasteiger partial charge in [-0.05, 0) is 41.5 Å². The standard InChI is InChI=1S/C29H21F2N3O2/c30-25-10-4-11-26(31)24(25)18-36-27-12-3-9-22-23(13-15-33-28(22)27)29(35)34-17-20-6-1-2-8-21(20)19-7-5-14-32-16-19/h1-16H,17-18H2,(H,34,35). The smallest absolute Gasteiger partial charge is 0.252 e. The number of nitrogens with zero attached hydrogens (tertiary/aromatic N) is 2. The number of halogens is 2. The zero-order valence-corrected chi connectivity index (χ0v) is 19.1. The molecule has 0 aliphatic carbocycles. The van der Waals surface area contributed by atoms with E-state index in [1.807, 2.05) is 36.4 Å². The Morgan fingerprint density at radius 2 is 1.67 bits per heavy atom. The molecule has 5 aromatic rings. The maximum Gasteiger partial charge on any atom is 0.252 e. The Kier molecular flexibility index (Phi) is 6.62. The maximum atomic E-state index is 14.0. The number of aromatic nitrogens is 2. The van der Waals surface area contributed by atoms with Gasteiger partial charge in [0.05, 0.1) is 11.1 Å². The highest BCUT2D eigenvalue weighted by Crippen LogP contribution is 2.28. The van der Waals surface area contributed by atoms with Crippen LogP contribution in [0.15, 0.2) is 97.5 Å². The molecular formula is C29H21F2N3O2. The van der Waals surface area contributed by atoms with Crippen LogP contribution in [-0.2, 0) is 13.2 Å². The van der Waals surface area contributed by atoms with Crippen LogP contribution in [0.5, 0.6) is 5.75 Å². The van der Waals surface area contributed by atoms with E-state index >= 15 is 0 Å². The van der Waals surface area contributed by atoms with Gasteiger partial charge in [0, 0.05) is 36.1 Å². The Morgan fingerprint density at radius 3 is 2.47 bits per heavy atom. The zero-order chi connectivity index (χ0) is 24.9. The van der Waals surface area contributed by atoms with E-state index in [2.05, 4.69) is 15.3 Å². The lowest BCUT2D eigenvalue weighted by Crippen LogP contribution is -2.23. The van der Waals surface area contributed by atoms with Gasteiger partial charge in [0.2, 0.25) is 0 Å². The molecule has 0 aliphatic heterocycles. The minimum Gasteiger partial charge on any atom is -0.486 e. The van der Waals surface area contributed by atoms with Crippen LogP contribution in [0, 0.1) is 11.6 Å². The fourth-order valence-corrected chi connectivity index (χ4v) is 4.03. The summed E-state index contributed by atoms with van der Waals surface area (Å²) in [4.78, 5) is 21.7. The van der Waals surface area contributed by atoms with Crippen molar-refractivity contribution in [3.63, 3.8) is 0 Å². The van der Waals surface area contributed by atoms with Gasteiger partial charge in [0.15, 0.2) is 0 Å². The normalized spacial score (nSPS) is 10.8. The largest absolute Gasteiger partial charge is 0.486 e. The summed E-state index contributed by atoms with van der Waals surface area (Å²) in [6.45, 7) is 0.0112. The third-order valence-corrected chi connectivity index (χ3v) is 5.84. The lowest BCUT2D eigenvalue weighted by atomic mass is 10.0. The molecule has 0 saturated carbocycles. The Hall–Kier alpha value is -4.65. The molecular weight excluding hydrogens is 460 g/mol. The van der Waals surface area contributed by atoms with Crippen molar-refractivity contribution in [2.24, 2.45) is 0 Å². The predicted molar refractivity (Wildman–Crippen MR) is 133 cm³/mol. The molecule has 178 valence electrons. The Bertz CT molecular complexity index is 1520. The van der Waals surface area contributed by atoms with Crippen molar-refractivity contribution in [1.29, 1.82) is 0 Å². The number of benzene rings is 3. The molecule has 5 nitrogen and oxygen atoms in total. The Morgan fingerprint density at radius 1 is 0.861 bits per heavy atom.